The molecule has 1 aromatic carbocycles. The predicted molar refractivity (Wildman–Crippen MR) is 89.9 cm³/mol. The number of rotatable bonds is 8. The quantitative estimate of drug-likeness (QED) is 0.743. The molecular weight excluding hydrogens is 308 g/mol. The maximum absolute atomic E-state index is 12.3. The van der Waals surface area contributed by atoms with Gasteiger partial charge in [-0.05, 0) is 29.8 Å². The van der Waals surface area contributed by atoms with Gasteiger partial charge in [-0.2, -0.15) is 0 Å². The topological polar surface area (TPSA) is 60.9 Å². The number of carbonyl (C=O) groups is 1. The SMILES string of the molecule is COCC(=O)N(Cc1ccc(OC)c(OC)c1)Cc1ccccn1. The summed E-state index contributed by atoms with van der Waals surface area (Å²) in [5, 5.41) is 0. The van der Waals surface area contributed by atoms with Gasteiger partial charge in [-0.15, -0.1) is 0 Å². The Balaban J connectivity index is 2.19. The molecule has 24 heavy (non-hydrogen) atoms. The van der Waals surface area contributed by atoms with Crippen LogP contribution in [-0.4, -0.2) is 43.7 Å². The molecule has 0 aliphatic heterocycles. The molecule has 6 heteroatoms. The Labute approximate surface area is 142 Å². The lowest BCUT2D eigenvalue weighted by Crippen LogP contribution is -2.33. The van der Waals surface area contributed by atoms with Crippen LogP contribution in [-0.2, 0) is 22.6 Å². The van der Waals surface area contributed by atoms with Crippen LogP contribution in [0.4, 0.5) is 0 Å². The lowest BCUT2D eigenvalue weighted by atomic mass is 10.1. The van der Waals surface area contributed by atoms with Gasteiger partial charge in [0.05, 0.1) is 26.5 Å². The van der Waals surface area contributed by atoms with Crippen molar-refractivity contribution < 1.29 is 19.0 Å². The van der Waals surface area contributed by atoms with E-state index < -0.39 is 0 Å². The minimum Gasteiger partial charge on any atom is -0.493 e. The molecule has 128 valence electrons. The maximum atomic E-state index is 12.3. The highest BCUT2D eigenvalue weighted by Gasteiger charge is 2.16. The van der Waals surface area contributed by atoms with Crippen molar-refractivity contribution >= 4 is 5.91 Å². The van der Waals surface area contributed by atoms with Crippen LogP contribution < -0.4 is 9.47 Å². The molecule has 0 aliphatic carbocycles. The van der Waals surface area contributed by atoms with Crippen LogP contribution in [0.2, 0.25) is 0 Å². The molecule has 0 radical (unpaired) electrons. The van der Waals surface area contributed by atoms with Crippen molar-refractivity contribution in [3.05, 3.63) is 53.9 Å². The first kappa shape index (κ1) is 17.7. The normalized spacial score (nSPS) is 10.3. The Morgan fingerprint density at radius 1 is 1.04 bits per heavy atom. The van der Waals surface area contributed by atoms with E-state index in [1.165, 1.54) is 7.11 Å². The number of aromatic nitrogens is 1. The molecule has 0 atom stereocenters. The molecule has 1 aromatic heterocycles. The monoisotopic (exact) mass is 330 g/mol. The van der Waals surface area contributed by atoms with Gasteiger partial charge in [0.25, 0.3) is 0 Å². The number of ether oxygens (including phenoxy) is 3. The van der Waals surface area contributed by atoms with E-state index in [4.69, 9.17) is 14.2 Å². The first-order chi connectivity index (χ1) is 11.7. The van der Waals surface area contributed by atoms with Crippen molar-refractivity contribution in [2.45, 2.75) is 13.1 Å². The average Bonchev–Trinajstić information content (AvgIpc) is 2.62. The zero-order chi connectivity index (χ0) is 17.4. The zero-order valence-corrected chi connectivity index (χ0v) is 14.2. The van der Waals surface area contributed by atoms with Crippen LogP contribution in [0.15, 0.2) is 42.6 Å². The van der Waals surface area contributed by atoms with Crippen molar-refractivity contribution in [3.8, 4) is 11.5 Å². The second-order valence-electron chi connectivity index (χ2n) is 5.19. The van der Waals surface area contributed by atoms with Crippen LogP contribution in [0.3, 0.4) is 0 Å². The number of amides is 1. The van der Waals surface area contributed by atoms with Gasteiger partial charge in [-0.1, -0.05) is 12.1 Å². The highest BCUT2D eigenvalue weighted by Crippen LogP contribution is 2.28. The van der Waals surface area contributed by atoms with Crippen LogP contribution in [0.1, 0.15) is 11.3 Å². The van der Waals surface area contributed by atoms with Crippen molar-refractivity contribution in [1.29, 1.82) is 0 Å². The molecule has 0 aliphatic rings. The molecule has 0 bridgehead atoms. The summed E-state index contributed by atoms with van der Waals surface area (Å²) in [5.74, 6) is 1.19. The third-order valence-electron chi connectivity index (χ3n) is 3.52. The molecule has 0 spiro atoms. The van der Waals surface area contributed by atoms with E-state index in [0.717, 1.165) is 11.3 Å². The molecular formula is C18H22N2O4. The van der Waals surface area contributed by atoms with Crippen LogP contribution in [0.25, 0.3) is 0 Å². The second kappa shape index (κ2) is 8.88. The molecule has 0 fully saturated rings. The summed E-state index contributed by atoms with van der Waals surface area (Å²) in [4.78, 5) is 18.3. The highest BCUT2D eigenvalue weighted by molar-refractivity contribution is 5.77. The van der Waals surface area contributed by atoms with E-state index in [1.807, 2.05) is 36.4 Å². The van der Waals surface area contributed by atoms with Gasteiger partial charge in [0.1, 0.15) is 6.61 Å². The van der Waals surface area contributed by atoms with E-state index in [2.05, 4.69) is 4.98 Å². The van der Waals surface area contributed by atoms with Crippen LogP contribution >= 0.6 is 0 Å². The van der Waals surface area contributed by atoms with Crippen LogP contribution in [0, 0.1) is 0 Å². The average molecular weight is 330 g/mol. The first-order valence-electron chi connectivity index (χ1n) is 7.55. The summed E-state index contributed by atoms with van der Waals surface area (Å²) >= 11 is 0. The Kier molecular flexibility index (Phi) is 6.57. The fourth-order valence-electron chi connectivity index (χ4n) is 2.33. The standard InChI is InChI=1S/C18H22N2O4/c1-22-13-18(21)20(12-15-6-4-5-9-19-15)11-14-7-8-16(23-2)17(10-14)24-3/h4-10H,11-13H2,1-3H3. The van der Waals surface area contributed by atoms with E-state index in [-0.39, 0.29) is 12.5 Å². The zero-order valence-electron chi connectivity index (χ0n) is 14.2. The number of hydrogen-bond donors (Lipinski definition) is 0. The number of nitrogens with zero attached hydrogens (tertiary/aromatic N) is 2. The fraction of sp³-hybridized carbons (Fsp3) is 0.333. The smallest absolute Gasteiger partial charge is 0.249 e. The third-order valence-corrected chi connectivity index (χ3v) is 3.52. The van der Waals surface area contributed by atoms with Gasteiger partial charge in [-0.3, -0.25) is 9.78 Å². The molecule has 6 nitrogen and oxygen atoms in total. The van der Waals surface area contributed by atoms with E-state index >= 15 is 0 Å². The molecule has 1 heterocycles. The Morgan fingerprint density at radius 2 is 1.83 bits per heavy atom. The van der Waals surface area contributed by atoms with Crippen molar-refractivity contribution in [2.75, 3.05) is 27.9 Å². The van der Waals surface area contributed by atoms with Gasteiger partial charge in [0, 0.05) is 19.9 Å². The summed E-state index contributed by atoms with van der Waals surface area (Å²) in [6.07, 6.45) is 1.71. The Bertz CT molecular complexity index is 661. The highest BCUT2D eigenvalue weighted by atomic mass is 16.5. The number of benzene rings is 1. The number of carbonyl (C=O) groups excluding carboxylic acids is 1. The van der Waals surface area contributed by atoms with E-state index in [9.17, 15) is 4.79 Å². The molecule has 0 saturated carbocycles. The fourth-order valence-corrected chi connectivity index (χ4v) is 2.33. The van der Waals surface area contributed by atoms with Gasteiger partial charge in [0.2, 0.25) is 5.91 Å². The van der Waals surface area contributed by atoms with E-state index in [0.29, 0.717) is 24.6 Å². The number of hydrogen-bond acceptors (Lipinski definition) is 5. The van der Waals surface area contributed by atoms with E-state index in [1.54, 1.807) is 25.3 Å². The van der Waals surface area contributed by atoms with Crippen LogP contribution in [0.5, 0.6) is 11.5 Å². The number of methoxy groups -OCH3 is 3. The summed E-state index contributed by atoms with van der Waals surface area (Å²) in [6.45, 7) is 0.872. The largest absolute Gasteiger partial charge is 0.493 e. The van der Waals surface area contributed by atoms with Gasteiger partial charge in [-0.25, -0.2) is 0 Å². The molecule has 1 amide bonds. The molecule has 0 unspecified atom stereocenters. The lowest BCUT2D eigenvalue weighted by molar-refractivity contribution is -0.136. The summed E-state index contributed by atoms with van der Waals surface area (Å²) in [5.41, 5.74) is 1.76. The third kappa shape index (κ3) is 4.70. The minimum atomic E-state index is -0.0991. The van der Waals surface area contributed by atoms with Gasteiger partial charge >= 0.3 is 0 Å². The molecule has 0 saturated heterocycles. The second-order valence-corrected chi connectivity index (χ2v) is 5.19. The Morgan fingerprint density at radius 3 is 2.46 bits per heavy atom. The minimum absolute atomic E-state index is 0.0279. The lowest BCUT2D eigenvalue weighted by Gasteiger charge is -2.22. The van der Waals surface area contributed by atoms with Crippen molar-refractivity contribution in [3.63, 3.8) is 0 Å². The van der Waals surface area contributed by atoms with Crippen molar-refractivity contribution in [2.24, 2.45) is 0 Å². The predicted octanol–water partition coefficient (Wildman–Crippen LogP) is 2.27. The molecule has 0 N–H and O–H groups in total. The first-order valence-corrected chi connectivity index (χ1v) is 7.55. The summed E-state index contributed by atoms with van der Waals surface area (Å²) < 4.78 is 15.5. The number of pyridine rings is 1. The Hall–Kier alpha value is -2.60. The van der Waals surface area contributed by atoms with Gasteiger partial charge < -0.3 is 19.1 Å². The van der Waals surface area contributed by atoms with Gasteiger partial charge in [0.15, 0.2) is 11.5 Å². The summed E-state index contributed by atoms with van der Waals surface area (Å²) in [7, 11) is 4.68. The summed E-state index contributed by atoms with van der Waals surface area (Å²) in [6, 6.07) is 11.2. The maximum Gasteiger partial charge on any atom is 0.249 e. The van der Waals surface area contributed by atoms with Crippen molar-refractivity contribution in [1.82, 2.24) is 9.88 Å². The molecule has 2 aromatic rings. The molecule has 2 rings (SSSR count).